The van der Waals surface area contributed by atoms with E-state index < -0.39 is 25.0 Å². The summed E-state index contributed by atoms with van der Waals surface area (Å²) < 4.78 is 7.66. The van der Waals surface area contributed by atoms with E-state index in [9.17, 15) is 4.79 Å². The number of halogens is 2. The Labute approximate surface area is 231 Å². The minimum atomic E-state index is -1.13. The first-order valence-electron chi connectivity index (χ1n) is 11.3. The van der Waals surface area contributed by atoms with E-state index in [-0.39, 0.29) is 36.2 Å². The Kier molecular flexibility index (Phi) is 9.79. The first-order valence-corrected chi connectivity index (χ1v) is 12.8. The van der Waals surface area contributed by atoms with E-state index >= 15 is 0 Å². The molecule has 3 aromatic carbocycles. The van der Waals surface area contributed by atoms with Crippen LogP contribution in [0.5, 0.6) is 0 Å². The second-order valence-electron chi connectivity index (χ2n) is 9.21. The monoisotopic (exact) mass is 540 g/mol. The van der Waals surface area contributed by atoms with Gasteiger partial charge in [0.1, 0.15) is 0 Å². The summed E-state index contributed by atoms with van der Waals surface area (Å²) in [5, 5.41) is 0. The third-order valence-corrected chi connectivity index (χ3v) is 9.56. The van der Waals surface area contributed by atoms with Crippen molar-refractivity contribution in [1.82, 2.24) is 0 Å². The van der Waals surface area contributed by atoms with Crippen molar-refractivity contribution in [2.75, 3.05) is 0 Å². The van der Waals surface area contributed by atoms with Gasteiger partial charge in [0.2, 0.25) is 0 Å². The molecule has 4 rings (SSSR count). The SMILES string of the molecule is CC1=C(C)C(C)(C)[C]([Ti+2][O]C(=O)C(c2ccccc2)(c2ccccc2)c2ccccc2)=C1C.[Cl-].[Cl-]. The van der Waals surface area contributed by atoms with Crippen LogP contribution in [0.3, 0.4) is 0 Å². The maximum Gasteiger partial charge on any atom is -1.00 e. The molecular weight excluding hydrogens is 511 g/mol. The first-order chi connectivity index (χ1) is 15.8. The molecule has 0 aromatic heterocycles. The predicted molar refractivity (Wildman–Crippen MR) is 130 cm³/mol. The minimum Gasteiger partial charge on any atom is -1.00 e. The molecule has 0 bridgehead atoms. The summed E-state index contributed by atoms with van der Waals surface area (Å²) in [5.74, 6) is -0.204. The van der Waals surface area contributed by atoms with E-state index in [1.165, 1.54) is 20.6 Å². The van der Waals surface area contributed by atoms with Crippen LogP contribution < -0.4 is 24.8 Å². The number of carbonyl (C=O) groups excluding carboxylic acids is 1. The molecule has 0 aliphatic heterocycles. The van der Waals surface area contributed by atoms with Gasteiger partial charge in [-0.1, -0.05) is 0 Å². The van der Waals surface area contributed by atoms with E-state index in [2.05, 4.69) is 34.6 Å². The molecule has 180 valence electrons. The van der Waals surface area contributed by atoms with Crippen LogP contribution in [-0.4, -0.2) is 5.97 Å². The van der Waals surface area contributed by atoms with Crippen molar-refractivity contribution in [2.45, 2.75) is 40.0 Å². The predicted octanol–water partition coefficient (Wildman–Crippen LogP) is 1.22. The molecule has 0 saturated carbocycles. The Balaban J connectivity index is 0.00000216. The molecule has 3 aromatic rings. The van der Waals surface area contributed by atoms with Gasteiger partial charge in [0, 0.05) is 0 Å². The molecule has 0 saturated heterocycles. The second kappa shape index (κ2) is 11.8. The standard InChI is InChI=1S/C20H16O2.C10H15.2ClH.Ti/c21-19(22)20(16-10-4-1-5-11-16,17-12-6-2-7-13-17)18-14-8-3-9-15-18;1-7-6-10(4,5)9(3)8(7)2;;;/h1-15H,(H,21,22);1-5H3;2*1H;/q;;;;+3/p-3. The Morgan fingerprint density at radius 2 is 1.06 bits per heavy atom. The van der Waals surface area contributed by atoms with E-state index in [1.54, 1.807) is 0 Å². The summed E-state index contributed by atoms with van der Waals surface area (Å²) in [5.41, 5.74) is 5.65. The van der Waals surface area contributed by atoms with Crippen LogP contribution in [0.1, 0.15) is 51.3 Å². The van der Waals surface area contributed by atoms with Gasteiger partial charge in [0.25, 0.3) is 0 Å². The van der Waals surface area contributed by atoms with Gasteiger partial charge < -0.3 is 24.8 Å². The number of carbonyl (C=O) groups is 1. The zero-order valence-electron chi connectivity index (χ0n) is 20.7. The van der Waals surface area contributed by atoms with Gasteiger partial charge in [-0.25, -0.2) is 0 Å². The minimum absolute atomic E-state index is 0. The van der Waals surface area contributed by atoms with E-state index in [1.807, 2.05) is 91.0 Å². The number of hydrogen-bond acceptors (Lipinski definition) is 2. The maximum absolute atomic E-state index is 14.3. The summed E-state index contributed by atoms with van der Waals surface area (Å²) >= 11 is -1.13. The smallest absolute Gasteiger partial charge is 1.00 e. The summed E-state index contributed by atoms with van der Waals surface area (Å²) in [6.07, 6.45) is 0. The van der Waals surface area contributed by atoms with Crippen molar-refractivity contribution in [2.24, 2.45) is 5.41 Å². The molecule has 0 N–H and O–H groups in total. The van der Waals surface area contributed by atoms with Gasteiger partial charge in [0.05, 0.1) is 0 Å². The third-order valence-electron chi connectivity index (χ3n) is 7.23. The third kappa shape index (κ3) is 5.09. The first kappa shape index (κ1) is 29.1. The van der Waals surface area contributed by atoms with Crippen molar-refractivity contribution < 1.29 is 52.5 Å². The molecule has 35 heavy (non-hydrogen) atoms. The average molecular weight is 541 g/mol. The van der Waals surface area contributed by atoms with Gasteiger partial charge in [-0.2, -0.15) is 0 Å². The van der Waals surface area contributed by atoms with Crippen LogP contribution in [0.25, 0.3) is 0 Å². The van der Waals surface area contributed by atoms with Crippen LogP contribution >= 0.6 is 0 Å². The van der Waals surface area contributed by atoms with Crippen molar-refractivity contribution in [3.05, 3.63) is 128 Å². The molecule has 0 spiro atoms. The number of allylic oxidation sites excluding steroid dienone is 4. The number of rotatable bonds is 6. The van der Waals surface area contributed by atoms with Crippen LogP contribution in [0.4, 0.5) is 0 Å². The van der Waals surface area contributed by atoms with Crippen LogP contribution in [0.2, 0.25) is 0 Å². The van der Waals surface area contributed by atoms with E-state index in [0.717, 1.165) is 16.7 Å². The van der Waals surface area contributed by atoms with Crippen molar-refractivity contribution >= 4 is 5.97 Å². The van der Waals surface area contributed by atoms with Crippen molar-refractivity contribution in [3.8, 4) is 0 Å². The zero-order chi connectivity index (χ0) is 23.6. The molecule has 0 fully saturated rings. The molecule has 0 unspecified atom stereocenters. The molecule has 1 aliphatic carbocycles. The molecule has 0 heterocycles. The van der Waals surface area contributed by atoms with Crippen LogP contribution in [-0.2, 0) is 33.1 Å². The van der Waals surface area contributed by atoms with Gasteiger partial charge in [-0.15, -0.1) is 0 Å². The Morgan fingerprint density at radius 3 is 1.37 bits per heavy atom. The Hall–Kier alpha value is -2.10. The van der Waals surface area contributed by atoms with Crippen LogP contribution in [0.15, 0.2) is 112 Å². The fraction of sp³-hybridized carbons (Fsp3) is 0.233. The zero-order valence-corrected chi connectivity index (χ0v) is 23.8. The normalized spacial score (nSPS) is 14.5. The topological polar surface area (TPSA) is 26.3 Å². The molecular formula is C30H30Cl2O2Ti. The van der Waals surface area contributed by atoms with Gasteiger partial charge >= 0.3 is 207 Å². The molecule has 0 amide bonds. The molecule has 0 atom stereocenters. The number of hydrogen-bond donors (Lipinski definition) is 0. The number of benzene rings is 3. The van der Waals surface area contributed by atoms with Crippen molar-refractivity contribution in [1.29, 1.82) is 0 Å². The van der Waals surface area contributed by atoms with E-state index in [4.69, 9.17) is 3.32 Å². The van der Waals surface area contributed by atoms with Gasteiger partial charge in [-0.3, -0.25) is 0 Å². The van der Waals surface area contributed by atoms with Crippen molar-refractivity contribution in [3.63, 3.8) is 0 Å². The quantitative estimate of drug-likeness (QED) is 0.347. The largest absolute Gasteiger partial charge is 1.00 e. The van der Waals surface area contributed by atoms with E-state index in [0.29, 0.717) is 0 Å². The Morgan fingerprint density at radius 1 is 0.686 bits per heavy atom. The second-order valence-corrected chi connectivity index (χ2v) is 10.6. The summed E-state index contributed by atoms with van der Waals surface area (Å²) in [6.45, 7) is 11.0. The molecule has 0 radical (unpaired) electrons. The summed E-state index contributed by atoms with van der Waals surface area (Å²) in [7, 11) is 0. The summed E-state index contributed by atoms with van der Waals surface area (Å²) in [4.78, 5) is 14.3. The fourth-order valence-electron chi connectivity index (χ4n) is 4.89. The molecule has 2 nitrogen and oxygen atoms in total. The summed E-state index contributed by atoms with van der Waals surface area (Å²) in [6, 6.07) is 30.1. The Bertz CT molecular complexity index is 1120. The molecule has 1 aliphatic rings. The van der Waals surface area contributed by atoms with Crippen LogP contribution in [0, 0.1) is 5.41 Å². The average Bonchev–Trinajstić information content (AvgIpc) is 2.99. The van der Waals surface area contributed by atoms with Gasteiger partial charge in [-0.05, 0) is 0 Å². The maximum atomic E-state index is 14.3. The fourth-order valence-corrected chi connectivity index (χ4v) is 6.66. The van der Waals surface area contributed by atoms with Gasteiger partial charge in [0.15, 0.2) is 0 Å². The molecule has 5 heteroatoms.